The number of benzene rings is 1. The molecule has 1 aliphatic rings. The molecule has 2 N–H and O–H groups in total. The van der Waals surface area contributed by atoms with Crippen LogP contribution >= 0.6 is 0 Å². The van der Waals surface area contributed by atoms with E-state index in [-0.39, 0.29) is 5.56 Å². The lowest BCUT2D eigenvalue weighted by atomic mass is 9.84. The molecule has 0 bridgehead atoms. The van der Waals surface area contributed by atoms with Crippen molar-refractivity contribution < 1.29 is 13.9 Å². The van der Waals surface area contributed by atoms with Gasteiger partial charge in [-0.25, -0.2) is 8.78 Å². The summed E-state index contributed by atoms with van der Waals surface area (Å²) in [6.45, 7) is 2.41. The van der Waals surface area contributed by atoms with Gasteiger partial charge in [-0.3, -0.25) is 0 Å². The van der Waals surface area contributed by atoms with Crippen molar-refractivity contribution in [3.05, 3.63) is 35.4 Å². The third kappa shape index (κ3) is 4.00. The maximum Gasteiger partial charge on any atom is 0.131 e. The number of aliphatic hydroxyl groups is 1. The molecule has 0 heterocycles. The van der Waals surface area contributed by atoms with Crippen LogP contribution in [0.1, 0.15) is 50.7 Å². The third-order valence-electron chi connectivity index (χ3n) is 4.31. The van der Waals surface area contributed by atoms with Gasteiger partial charge in [0, 0.05) is 24.2 Å². The zero-order valence-electron chi connectivity index (χ0n) is 11.9. The van der Waals surface area contributed by atoms with Crippen LogP contribution < -0.4 is 5.32 Å². The van der Waals surface area contributed by atoms with E-state index in [1.807, 2.05) is 0 Å². The van der Waals surface area contributed by atoms with Gasteiger partial charge in [-0.05, 0) is 31.7 Å². The second-order valence-corrected chi connectivity index (χ2v) is 5.78. The Morgan fingerprint density at radius 3 is 2.60 bits per heavy atom. The summed E-state index contributed by atoms with van der Waals surface area (Å²) in [6, 6.07) is 3.60. The van der Waals surface area contributed by atoms with E-state index in [0.717, 1.165) is 6.07 Å². The molecule has 4 heteroatoms. The molecule has 0 amide bonds. The molecule has 20 heavy (non-hydrogen) atoms. The number of nitrogens with one attached hydrogen (secondary N) is 1. The van der Waals surface area contributed by atoms with Crippen LogP contribution in [0.15, 0.2) is 18.2 Å². The molecule has 1 aromatic rings. The number of halogens is 2. The van der Waals surface area contributed by atoms with E-state index in [1.165, 1.54) is 44.2 Å². The maximum atomic E-state index is 13.6. The quantitative estimate of drug-likeness (QED) is 0.866. The molecule has 1 unspecified atom stereocenters. The molecule has 2 nitrogen and oxygen atoms in total. The van der Waals surface area contributed by atoms with Crippen LogP contribution in [0.5, 0.6) is 0 Å². The zero-order chi connectivity index (χ0) is 14.5. The van der Waals surface area contributed by atoms with E-state index in [0.29, 0.717) is 18.5 Å². The molecule has 2 rings (SSSR count). The molecule has 0 spiro atoms. The van der Waals surface area contributed by atoms with E-state index in [2.05, 4.69) is 12.2 Å². The van der Waals surface area contributed by atoms with E-state index in [9.17, 15) is 13.9 Å². The molecule has 1 aliphatic carbocycles. The van der Waals surface area contributed by atoms with Gasteiger partial charge in [-0.2, -0.15) is 0 Å². The Morgan fingerprint density at radius 2 is 1.95 bits per heavy atom. The molecule has 1 fully saturated rings. The van der Waals surface area contributed by atoms with Gasteiger partial charge in [0.05, 0.1) is 6.10 Å². The van der Waals surface area contributed by atoms with Crippen LogP contribution in [0.25, 0.3) is 0 Å². The van der Waals surface area contributed by atoms with Gasteiger partial charge in [0.25, 0.3) is 0 Å². The molecule has 0 radical (unpaired) electrons. The SMILES string of the molecule is C[C@H](NCC(O)c1ccc(F)cc1F)C1CCCCC1. The van der Waals surface area contributed by atoms with E-state index in [1.54, 1.807) is 0 Å². The normalized spacial score (nSPS) is 19.8. The lowest BCUT2D eigenvalue weighted by Gasteiger charge is -2.29. The van der Waals surface area contributed by atoms with E-state index in [4.69, 9.17) is 0 Å². The fourth-order valence-corrected chi connectivity index (χ4v) is 2.98. The van der Waals surface area contributed by atoms with Crippen molar-refractivity contribution in [2.75, 3.05) is 6.54 Å². The first kappa shape index (κ1) is 15.4. The summed E-state index contributed by atoms with van der Waals surface area (Å²) in [6.07, 6.45) is 5.34. The number of hydrogen-bond donors (Lipinski definition) is 2. The summed E-state index contributed by atoms with van der Waals surface area (Å²) in [5.74, 6) is -0.680. The molecular formula is C16H23F2NO. The van der Waals surface area contributed by atoms with Gasteiger partial charge in [-0.1, -0.05) is 25.3 Å². The van der Waals surface area contributed by atoms with Crippen molar-refractivity contribution >= 4 is 0 Å². The molecule has 0 aromatic heterocycles. The highest BCUT2D eigenvalue weighted by Gasteiger charge is 2.21. The van der Waals surface area contributed by atoms with Gasteiger partial charge < -0.3 is 10.4 Å². The predicted molar refractivity (Wildman–Crippen MR) is 75.4 cm³/mol. The smallest absolute Gasteiger partial charge is 0.131 e. The summed E-state index contributed by atoms with van der Waals surface area (Å²) in [5.41, 5.74) is 0.148. The van der Waals surface area contributed by atoms with Crippen molar-refractivity contribution in [2.45, 2.75) is 51.2 Å². The number of rotatable bonds is 5. The Labute approximate surface area is 119 Å². The fourth-order valence-electron chi connectivity index (χ4n) is 2.98. The summed E-state index contributed by atoms with van der Waals surface area (Å²) in [5, 5.41) is 13.3. The summed E-state index contributed by atoms with van der Waals surface area (Å²) in [7, 11) is 0. The summed E-state index contributed by atoms with van der Waals surface area (Å²) in [4.78, 5) is 0. The molecule has 0 saturated heterocycles. The van der Waals surface area contributed by atoms with Crippen LogP contribution in [-0.2, 0) is 0 Å². The first-order chi connectivity index (χ1) is 9.58. The van der Waals surface area contributed by atoms with Gasteiger partial charge in [-0.15, -0.1) is 0 Å². The predicted octanol–water partition coefficient (Wildman–Crippen LogP) is 3.56. The molecule has 2 atom stereocenters. The minimum absolute atomic E-state index is 0.148. The standard InChI is InChI=1S/C16H23F2NO/c1-11(12-5-3-2-4-6-12)19-10-16(20)14-8-7-13(17)9-15(14)18/h7-9,11-12,16,19-20H,2-6,10H2,1H3/t11-,16?/m0/s1. The number of aliphatic hydroxyl groups excluding tert-OH is 1. The third-order valence-corrected chi connectivity index (χ3v) is 4.31. The second kappa shape index (κ2) is 7.14. The van der Waals surface area contributed by atoms with Crippen LogP contribution in [-0.4, -0.2) is 17.7 Å². The molecular weight excluding hydrogens is 260 g/mol. The molecule has 1 aromatic carbocycles. The lowest BCUT2D eigenvalue weighted by Crippen LogP contribution is -2.37. The summed E-state index contributed by atoms with van der Waals surface area (Å²) < 4.78 is 26.4. The second-order valence-electron chi connectivity index (χ2n) is 5.78. The lowest BCUT2D eigenvalue weighted by molar-refractivity contribution is 0.157. The fraction of sp³-hybridized carbons (Fsp3) is 0.625. The Hall–Kier alpha value is -1.00. The highest BCUT2D eigenvalue weighted by molar-refractivity contribution is 5.21. The van der Waals surface area contributed by atoms with Crippen molar-refractivity contribution in [2.24, 2.45) is 5.92 Å². The van der Waals surface area contributed by atoms with Gasteiger partial charge >= 0.3 is 0 Å². The summed E-state index contributed by atoms with van der Waals surface area (Å²) >= 11 is 0. The van der Waals surface area contributed by atoms with E-state index >= 15 is 0 Å². The van der Waals surface area contributed by atoms with Crippen LogP contribution in [0.2, 0.25) is 0 Å². The van der Waals surface area contributed by atoms with Crippen molar-refractivity contribution in [1.29, 1.82) is 0 Å². The first-order valence-corrected chi connectivity index (χ1v) is 7.44. The van der Waals surface area contributed by atoms with Crippen molar-refractivity contribution in [3.8, 4) is 0 Å². The van der Waals surface area contributed by atoms with E-state index < -0.39 is 17.7 Å². The molecule has 112 valence electrons. The Balaban J connectivity index is 1.86. The largest absolute Gasteiger partial charge is 0.387 e. The number of hydrogen-bond acceptors (Lipinski definition) is 2. The van der Waals surface area contributed by atoms with Gasteiger partial charge in [0.1, 0.15) is 11.6 Å². The topological polar surface area (TPSA) is 32.3 Å². The highest BCUT2D eigenvalue weighted by Crippen LogP contribution is 2.26. The average Bonchev–Trinajstić information content (AvgIpc) is 2.45. The highest BCUT2D eigenvalue weighted by atomic mass is 19.1. The van der Waals surface area contributed by atoms with Crippen LogP contribution in [0.3, 0.4) is 0 Å². The minimum Gasteiger partial charge on any atom is -0.387 e. The Morgan fingerprint density at radius 1 is 1.25 bits per heavy atom. The van der Waals surface area contributed by atoms with Crippen LogP contribution in [0, 0.1) is 17.6 Å². The van der Waals surface area contributed by atoms with Crippen molar-refractivity contribution in [1.82, 2.24) is 5.32 Å². The van der Waals surface area contributed by atoms with Crippen LogP contribution in [0.4, 0.5) is 8.78 Å². The zero-order valence-corrected chi connectivity index (χ0v) is 11.9. The monoisotopic (exact) mass is 283 g/mol. The minimum atomic E-state index is -0.943. The maximum absolute atomic E-state index is 13.6. The Kier molecular flexibility index (Phi) is 5.49. The first-order valence-electron chi connectivity index (χ1n) is 7.44. The van der Waals surface area contributed by atoms with Crippen molar-refractivity contribution in [3.63, 3.8) is 0 Å². The van der Waals surface area contributed by atoms with Gasteiger partial charge in [0.2, 0.25) is 0 Å². The van der Waals surface area contributed by atoms with Gasteiger partial charge in [0.15, 0.2) is 0 Å². The molecule has 1 saturated carbocycles. The Bertz CT molecular complexity index is 432. The average molecular weight is 283 g/mol. The molecule has 0 aliphatic heterocycles.